The minimum absolute atomic E-state index is 0.0620. The summed E-state index contributed by atoms with van der Waals surface area (Å²) in [5, 5.41) is 3.86. The van der Waals surface area contributed by atoms with Crippen LogP contribution in [0.4, 0.5) is 5.88 Å². The second-order valence-electron chi connectivity index (χ2n) is 9.67. The summed E-state index contributed by atoms with van der Waals surface area (Å²) in [4.78, 5) is 19.5. The normalized spacial score (nSPS) is 13.3. The zero-order chi connectivity index (χ0) is 27.9. The summed E-state index contributed by atoms with van der Waals surface area (Å²) in [5.74, 6) is 0.444. The Labute approximate surface area is 231 Å². The topological polar surface area (TPSA) is 119 Å². The number of nitrogens with zero attached hydrogens (tertiary/aromatic N) is 3. The van der Waals surface area contributed by atoms with Crippen molar-refractivity contribution in [2.24, 2.45) is 0 Å². The number of fused-ring (bicyclic) bond motifs is 1. The predicted octanol–water partition coefficient (Wildman–Crippen LogP) is 5.61. The third kappa shape index (κ3) is 4.66. The smallest absolute Gasteiger partial charge is 0.264 e. The summed E-state index contributed by atoms with van der Waals surface area (Å²) in [7, 11) is -4.05. The van der Waals surface area contributed by atoms with E-state index in [2.05, 4.69) is 14.9 Å². The number of aryl methyl sites for hydroxylation is 1. The van der Waals surface area contributed by atoms with E-state index in [4.69, 9.17) is 8.94 Å². The van der Waals surface area contributed by atoms with Crippen molar-refractivity contribution in [1.82, 2.24) is 15.0 Å². The van der Waals surface area contributed by atoms with E-state index in [0.29, 0.717) is 40.4 Å². The van der Waals surface area contributed by atoms with Crippen LogP contribution in [0.25, 0.3) is 22.6 Å². The van der Waals surface area contributed by atoms with Gasteiger partial charge in [-0.05, 0) is 61.2 Å². The quantitative estimate of drug-likeness (QED) is 0.278. The Morgan fingerprint density at radius 2 is 1.75 bits per heavy atom. The highest BCUT2D eigenvalue weighted by atomic mass is 32.2. The minimum atomic E-state index is -4.05. The Hall–Kier alpha value is -4.70. The molecule has 10 heteroatoms. The second kappa shape index (κ2) is 10.1. The molecule has 0 atom stereocenters. The molecule has 3 aromatic carbocycles. The van der Waals surface area contributed by atoms with Crippen LogP contribution in [0.15, 0.2) is 93.0 Å². The van der Waals surface area contributed by atoms with Crippen LogP contribution in [-0.4, -0.2) is 35.9 Å². The Morgan fingerprint density at radius 1 is 0.975 bits per heavy atom. The molecule has 0 radical (unpaired) electrons. The van der Waals surface area contributed by atoms with Crippen LogP contribution < -0.4 is 4.72 Å². The number of anilines is 1. The molecule has 1 aliphatic heterocycles. The van der Waals surface area contributed by atoms with Crippen molar-refractivity contribution in [2.45, 2.75) is 31.7 Å². The molecular formula is C30H26N4O5S. The van der Waals surface area contributed by atoms with Crippen molar-refractivity contribution in [1.29, 1.82) is 0 Å². The number of amides is 1. The van der Waals surface area contributed by atoms with Gasteiger partial charge >= 0.3 is 0 Å². The van der Waals surface area contributed by atoms with Gasteiger partial charge in [0.25, 0.3) is 15.9 Å². The first kappa shape index (κ1) is 25.6. The highest BCUT2D eigenvalue weighted by Crippen LogP contribution is 2.35. The molecule has 2 aromatic heterocycles. The zero-order valence-corrected chi connectivity index (χ0v) is 22.7. The first-order valence-electron chi connectivity index (χ1n) is 12.8. The maximum atomic E-state index is 13.6. The van der Waals surface area contributed by atoms with Gasteiger partial charge in [-0.25, -0.2) is 18.1 Å². The molecule has 6 rings (SSSR count). The fraction of sp³-hybridized carbons (Fsp3) is 0.167. The van der Waals surface area contributed by atoms with E-state index in [1.807, 2.05) is 42.5 Å². The van der Waals surface area contributed by atoms with E-state index in [1.165, 1.54) is 6.26 Å². The fourth-order valence-corrected chi connectivity index (χ4v) is 6.20. The molecule has 0 unspecified atom stereocenters. The lowest BCUT2D eigenvalue weighted by atomic mass is 9.95. The highest BCUT2D eigenvalue weighted by molar-refractivity contribution is 7.92. The maximum Gasteiger partial charge on any atom is 0.264 e. The number of carbonyl (C=O) groups is 1. The minimum Gasteiger partial charge on any atom is -0.445 e. The van der Waals surface area contributed by atoms with Gasteiger partial charge in [0.2, 0.25) is 11.8 Å². The van der Waals surface area contributed by atoms with Crippen molar-refractivity contribution < 1.29 is 22.2 Å². The Balaban J connectivity index is 1.43. The van der Waals surface area contributed by atoms with Gasteiger partial charge in [0.1, 0.15) is 6.26 Å². The first-order valence-corrected chi connectivity index (χ1v) is 14.3. The molecule has 1 N–H and O–H groups in total. The molecule has 1 amide bonds. The van der Waals surface area contributed by atoms with Gasteiger partial charge in [-0.2, -0.15) is 0 Å². The van der Waals surface area contributed by atoms with Crippen LogP contribution in [0.3, 0.4) is 0 Å². The zero-order valence-electron chi connectivity index (χ0n) is 21.9. The summed E-state index contributed by atoms with van der Waals surface area (Å²) >= 11 is 0. The Morgan fingerprint density at radius 3 is 2.50 bits per heavy atom. The molecule has 0 spiro atoms. The number of aromatic nitrogens is 2. The van der Waals surface area contributed by atoms with Crippen LogP contribution >= 0.6 is 0 Å². The molecule has 40 heavy (non-hydrogen) atoms. The van der Waals surface area contributed by atoms with Crippen molar-refractivity contribution in [3.05, 3.63) is 107 Å². The van der Waals surface area contributed by atoms with Crippen molar-refractivity contribution in [2.75, 3.05) is 11.3 Å². The number of rotatable bonds is 7. The summed E-state index contributed by atoms with van der Waals surface area (Å²) in [5.41, 5.74) is 5.57. The number of hydrogen-bond donors (Lipinski definition) is 1. The number of carbonyl (C=O) groups excluding carboxylic acids is 1. The lowest BCUT2D eigenvalue weighted by Gasteiger charge is -2.29. The molecule has 202 valence electrons. The number of nitrogens with one attached hydrogen (secondary N) is 1. The van der Waals surface area contributed by atoms with Crippen LogP contribution in [0.5, 0.6) is 0 Å². The molecule has 0 saturated carbocycles. The van der Waals surface area contributed by atoms with E-state index in [-0.39, 0.29) is 23.2 Å². The summed E-state index contributed by atoms with van der Waals surface area (Å²) < 4.78 is 40.5. The molecule has 0 aliphatic carbocycles. The van der Waals surface area contributed by atoms with Gasteiger partial charge in [-0.15, -0.1) is 0 Å². The van der Waals surface area contributed by atoms with Crippen LogP contribution in [-0.2, 0) is 23.0 Å². The predicted molar refractivity (Wildman–Crippen MR) is 149 cm³/mol. The van der Waals surface area contributed by atoms with Crippen LogP contribution in [0, 0.1) is 13.8 Å². The Bertz CT molecular complexity index is 1830. The Kier molecular flexibility index (Phi) is 6.47. The SMILES string of the molecule is Cc1noc(NS(=O)(=O)c2ccccc2-c2ccc(-c3ncco3)cc2CN2CCc3ccccc3C2=O)c1C. The number of oxazole rings is 1. The van der Waals surface area contributed by atoms with Gasteiger partial charge in [0.15, 0.2) is 0 Å². The summed E-state index contributed by atoms with van der Waals surface area (Å²) in [6, 6.07) is 19.9. The molecular weight excluding hydrogens is 528 g/mol. The van der Waals surface area contributed by atoms with E-state index in [1.54, 1.807) is 49.2 Å². The summed E-state index contributed by atoms with van der Waals surface area (Å²) in [6.07, 6.45) is 3.80. The number of benzene rings is 3. The molecule has 9 nitrogen and oxygen atoms in total. The van der Waals surface area contributed by atoms with Crippen LogP contribution in [0.1, 0.15) is 32.7 Å². The van der Waals surface area contributed by atoms with Crippen molar-refractivity contribution >= 4 is 21.8 Å². The van der Waals surface area contributed by atoms with Gasteiger partial charge in [0.05, 0.1) is 16.8 Å². The number of sulfonamides is 1. The lowest BCUT2D eigenvalue weighted by molar-refractivity contribution is 0.0727. The average molecular weight is 555 g/mol. The molecule has 3 heterocycles. The molecule has 0 fully saturated rings. The molecule has 1 aliphatic rings. The van der Waals surface area contributed by atoms with Crippen molar-refractivity contribution in [3.8, 4) is 22.6 Å². The van der Waals surface area contributed by atoms with Gasteiger partial charge in [0, 0.05) is 35.3 Å². The largest absolute Gasteiger partial charge is 0.445 e. The number of hydrogen-bond acceptors (Lipinski definition) is 7. The van der Waals surface area contributed by atoms with Crippen LogP contribution in [0.2, 0.25) is 0 Å². The van der Waals surface area contributed by atoms with E-state index >= 15 is 0 Å². The molecule has 0 saturated heterocycles. The average Bonchev–Trinajstić information content (AvgIpc) is 3.61. The van der Waals surface area contributed by atoms with Gasteiger partial charge in [-0.1, -0.05) is 47.6 Å². The van der Waals surface area contributed by atoms with Gasteiger partial charge in [-0.3, -0.25) is 4.79 Å². The van der Waals surface area contributed by atoms with E-state index in [9.17, 15) is 13.2 Å². The lowest BCUT2D eigenvalue weighted by Crippen LogP contribution is -2.37. The summed E-state index contributed by atoms with van der Waals surface area (Å²) in [6.45, 7) is 4.30. The van der Waals surface area contributed by atoms with E-state index in [0.717, 1.165) is 23.1 Å². The van der Waals surface area contributed by atoms with Gasteiger partial charge < -0.3 is 13.8 Å². The van der Waals surface area contributed by atoms with Crippen molar-refractivity contribution in [3.63, 3.8) is 0 Å². The standard InChI is InChI=1S/C30H26N4O5S/c1-19-20(2)32-39-28(19)33-40(36,37)27-10-6-5-9-26(27)24-12-11-22(29-31-14-16-38-29)17-23(24)18-34-15-13-21-7-3-4-8-25(21)30(34)35/h3-12,14,16-17,33H,13,15,18H2,1-2H3. The second-order valence-corrected chi connectivity index (χ2v) is 11.3. The third-order valence-electron chi connectivity index (χ3n) is 7.18. The highest BCUT2D eigenvalue weighted by Gasteiger charge is 2.27. The monoisotopic (exact) mass is 554 g/mol. The maximum absolute atomic E-state index is 13.6. The molecule has 5 aromatic rings. The fourth-order valence-electron chi connectivity index (χ4n) is 4.93. The van der Waals surface area contributed by atoms with E-state index < -0.39 is 10.0 Å². The third-order valence-corrected chi connectivity index (χ3v) is 8.57. The first-order chi connectivity index (χ1) is 19.3. The molecule has 0 bridgehead atoms.